The van der Waals surface area contributed by atoms with Crippen molar-refractivity contribution >= 4 is 45.0 Å². The lowest BCUT2D eigenvalue weighted by Crippen LogP contribution is -2.24. The number of pyridine rings is 1. The van der Waals surface area contributed by atoms with Crippen molar-refractivity contribution in [1.82, 2.24) is 18.9 Å². The van der Waals surface area contributed by atoms with E-state index < -0.39 is 0 Å². The smallest absolute Gasteiger partial charge is 0.161 e. The Morgan fingerprint density at radius 3 is 2.15 bits per heavy atom. The standard InChI is InChI=1S/C41H47N5/c1-24-20-25(2)35(26(3)21-24)46(36-27(4)44-33(40(6,7)8)22-29-16-12-14-18-31(29)38(44)42-36)37-28(5)45-34(41(9,10)11)23-30-17-13-15-19-32(30)39(45)43-37/h12-16,18-23,30H,17H2,1-11H3. The molecular formula is C41H47N5. The molecule has 7 rings (SSSR count). The molecule has 0 fully saturated rings. The van der Waals surface area contributed by atoms with Crippen LogP contribution in [0.4, 0.5) is 17.3 Å². The van der Waals surface area contributed by atoms with E-state index in [0.29, 0.717) is 5.92 Å². The van der Waals surface area contributed by atoms with E-state index in [9.17, 15) is 0 Å². The summed E-state index contributed by atoms with van der Waals surface area (Å²) < 4.78 is 4.81. The third-order valence-electron chi connectivity index (χ3n) is 9.78. The van der Waals surface area contributed by atoms with Gasteiger partial charge < -0.3 is 0 Å². The minimum atomic E-state index is -0.0860. The maximum absolute atomic E-state index is 5.60. The van der Waals surface area contributed by atoms with E-state index in [1.807, 2.05) is 0 Å². The number of benzene rings is 2. The second-order valence-corrected chi connectivity index (χ2v) is 15.5. The molecule has 4 heterocycles. The average Bonchev–Trinajstić information content (AvgIpc) is 3.50. The lowest BCUT2D eigenvalue weighted by Gasteiger charge is -2.34. The van der Waals surface area contributed by atoms with Gasteiger partial charge in [-0.05, 0) is 63.6 Å². The zero-order valence-corrected chi connectivity index (χ0v) is 29.4. The van der Waals surface area contributed by atoms with E-state index >= 15 is 0 Å². The van der Waals surface area contributed by atoms with Gasteiger partial charge in [-0.1, -0.05) is 108 Å². The predicted molar refractivity (Wildman–Crippen MR) is 195 cm³/mol. The van der Waals surface area contributed by atoms with Crippen molar-refractivity contribution in [3.8, 4) is 0 Å². The van der Waals surface area contributed by atoms with Crippen molar-refractivity contribution in [3.63, 3.8) is 0 Å². The van der Waals surface area contributed by atoms with E-state index in [0.717, 1.165) is 52.0 Å². The highest BCUT2D eigenvalue weighted by Crippen LogP contribution is 2.48. The fraction of sp³-hybridized carbons (Fsp3) is 0.366. The Kier molecular flexibility index (Phi) is 6.79. The summed E-state index contributed by atoms with van der Waals surface area (Å²) in [7, 11) is 0. The third-order valence-corrected chi connectivity index (χ3v) is 9.78. The molecule has 2 aliphatic rings. The molecule has 236 valence electrons. The van der Waals surface area contributed by atoms with Gasteiger partial charge in [-0.25, -0.2) is 9.97 Å². The van der Waals surface area contributed by atoms with Crippen LogP contribution >= 0.6 is 0 Å². The van der Waals surface area contributed by atoms with Gasteiger partial charge in [0.05, 0.1) is 17.1 Å². The quantitative estimate of drug-likeness (QED) is 0.204. The van der Waals surface area contributed by atoms with Crippen molar-refractivity contribution in [1.29, 1.82) is 0 Å². The van der Waals surface area contributed by atoms with Gasteiger partial charge in [0.15, 0.2) is 11.6 Å². The molecule has 0 amide bonds. The molecule has 0 bridgehead atoms. The average molecular weight is 610 g/mol. The molecule has 1 aliphatic heterocycles. The summed E-state index contributed by atoms with van der Waals surface area (Å²) in [4.78, 5) is 13.5. The largest absolute Gasteiger partial charge is 0.299 e. The highest BCUT2D eigenvalue weighted by Gasteiger charge is 2.37. The van der Waals surface area contributed by atoms with Gasteiger partial charge in [-0.3, -0.25) is 13.9 Å². The molecule has 1 aliphatic carbocycles. The number of anilines is 3. The van der Waals surface area contributed by atoms with Crippen molar-refractivity contribution in [2.75, 3.05) is 4.90 Å². The molecule has 5 aromatic rings. The van der Waals surface area contributed by atoms with E-state index in [4.69, 9.17) is 9.97 Å². The summed E-state index contributed by atoms with van der Waals surface area (Å²) in [5.41, 5.74) is 11.8. The lowest BCUT2D eigenvalue weighted by atomic mass is 9.81. The number of nitrogens with zero attached hydrogens (tertiary/aromatic N) is 5. The maximum Gasteiger partial charge on any atom is 0.161 e. The van der Waals surface area contributed by atoms with Gasteiger partial charge in [-0.15, -0.1) is 0 Å². The molecule has 46 heavy (non-hydrogen) atoms. The second-order valence-electron chi connectivity index (χ2n) is 15.5. The van der Waals surface area contributed by atoms with E-state index in [-0.39, 0.29) is 10.8 Å². The van der Waals surface area contributed by atoms with E-state index in [1.165, 1.54) is 39.0 Å². The molecule has 1 unspecified atom stereocenters. The summed E-state index contributed by atoms with van der Waals surface area (Å²) in [6, 6.07) is 15.6. The van der Waals surface area contributed by atoms with Crippen LogP contribution in [0.3, 0.4) is 0 Å². The first-order valence-corrected chi connectivity index (χ1v) is 16.6. The van der Waals surface area contributed by atoms with Crippen molar-refractivity contribution in [2.24, 2.45) is 11.3 Å². The van der Waals surface area contributed by atoms with Crippen molar-refractivity contribution in [3.05, 3.63) is 106 Å². The number of imidazole rings is 2. The molecule has 2 aromatic carbocycles. The fourth-order valence-corrected chi connectivity index (χ4v) is 7.69. The topological polar surface area (TPSA) is 38.4 Å². The molecule has 0 N–H and O–H groups in total. The van der Waals surface area contributed by atoms with Crippen LogP contribution in [0.1, 0.15) is 87.6 Å². The molecule has 1 atom stereocenters. The Labute approximate surface area is 274 Å². The Bertz CT molecular complexity index is 2130. The number of allylic oxidation sites excluding steroid dienone is 6. The lowest BCUT2D eigenvalue weighted by molar-refractivity contribution is 0.525. The third kappa shape index (κ3) is 4.58. The first kappa shape index (κ1) is 30.3. The summed E-state index contributed by atoms with van der Waals surface area (Å²) in [5, 5.41) is 2.37. The van der Waals surface area contributed by atoms with Crippen molar-refractivity contribution in [2.45, 2.75) is 88.0 Å². The first-order chi connectivity index (χ1) is 21.7. The van der Waals surface area contributed by atoms with Crippen LogP contribution in [0.15, 0.2) is 66.8 Å². The minimum absolute atomic E-state index is 0.0514. The second kappa shape index (κ2) is 10.3. The highest BCUT2D eigenvalue weighted by molar-refractivity contribution is 5.96. The van der Waals surface area contributed by atoms with Gasteiger partial charge in [0, 0.05) is 39.1 Å². The molecule has 0 spiro atoms. The molecule has 0 radical (unpaired) electrons. The number of hydrogen-bond acceptors (Lipinski definition) is 3. The molecule has 0 saturated heterocycles. The molecule has 0 saturated carbocycles. The van der Waals surface area contributed by atoms with E-state index in [1.54, 1.807) is 0 Å². The number of fused-ring (bicyclic) bond motifs is 6. The Balaban J connectivity index is 1.60. The Morgan fingerprint density at radius 1 is 0.804 bits per heavy atom. The van der Waals surface area contributed by atoms with Crippen LogP contribution in [0.25, 0.3) is 27.7 Å². The maximum atomic E-state index is 5.60. The van der Waals surface area contributed by atoms with Gasteiger partial charge in [0.25, 0.3) is 0 Å². The highest BCUT2D eigenvalue weighted by atomic mass is 15.3. The van der Waals surface area contributed by atoms with Crippen molar-refractivity contribution < 1.29 is 0 Å². The van der Waals surface area contributed by atoms with Crippen LogP contribution in [-0.2, 0) is 5.41 Å². The van der Waals surface area contributed by atoms with Gasteiger partial charge in [-0.2, -0.15) is 0 Å². The zero-order chi connectivity index (χ0) is 32.9. The number of aryl methyl sites for hydroxylation is 4. The zero-order valence-electron chi connectivity index (χ0n) is 29.4. The summed E-state index contributed by atoms with van der Waals surface area (Å²) in [5.74, 6) is 3.23. The van der Waals surface area contributed by atoms with Gasteiger partial charge in [0.2, 0.25) is 0 Å². The predicted octanol–water partition coefficient (Wildman–Crippen LogP) is 10.9. The fourth-order valence-electron chi connectivity index (χ4n) is 7.69. The summed E-state index contributed by atoms with van der Waals surface area (Å²) in [6.07, 6.45) is 10.2. The first-order valence-electron chi connectivity index (χ1n) is 16.6. The van der Waals surface area contributed by atoms with Gasteiger partial charge >= 0.3 is 0 Å². The number of aromatic nitrogens is 4. The molecule has 5 heteroatoms. The van der Waals surface area contributed by atoms with Crippen LogP contribution in [0, 0.1) is 46.0 Å². The number of rotatable bonds is 3. The van der Waals surface area contributed by atoms with Crippen LogP contribution in [0.5, 0.6) is 0 Å². The minimum Gasteiger partial charge on any atom is -0.299 e. The number of hydrogen-bond donors (Lipinski definition) is 0. The molecule has 3 aromatic heterocycles. The summed E-state index contributed by atoms with van der Waals surface area (Å²) in [6.45, 7) is 24.9. The summed E-state index contributed by atoms with van der Waals surface area (Å²) >= 11 is 0. The monoisotopic (exact) mass is 609 g/mol. The van der Waals surface area contributed by atoms with E-state index in [2.05, 4.69) is 157 Å². The van der Waals surface area contributed by atoms with Gasteiger partial charge in [0.1, 0.15) is 11.5 Å². The Hall–Kier alpha value is -4.38. The van der Waals surface area contributed by atoms with Crippen LogP contribution in [-0.4, -0.2) is 18.9 Å². The van der Waals surface area contributed by atoms with Crippen LogP contribution in [0.2, 0.25) is 0 Å². The molecule has 5 nitrogen and oxygen atoms in total. The molecular weight excluding hydrogens is 562 g/mol. The Morgan fingerprint density at radius 2 is 1.48 bits per heavy atom. The SMILES string of the molecule is Cc1cc(C)c(N(c2nc3n(c2C)C(C(C)(C)C)=CC2CC=CC=C32)c2nc3c4ccccc4cc(C(C)(C)C)n3c2C)c(C)c1. The normalized spacial score (nSPS) is 16.5. The van der Waals surface area contributed by atoms with Crippen LogP contribution < -0.4 is 4.90 Å².